The molecule has 0 saturated carbocycles. The van der Waals surface area contributed by atoms with E-state index < -0.39 is 6.67 Å². The maximum atomic E-state index is 12.6. The number of nitriles is 1. The molecule has 0 N–H and O–H groups in total. The molecule has 0 bridgehead atoms. The molecule has 1 aromatic rings. The van der Waals surface area contributed by atoms with Gasteiger partial charge in [0.2, 0.25) is 0 Å². The molecule has 1 aromatic carbocycles. The molecule has 0 saturated heterocycles. The van der Waals surface area contributed by atoms with Gasteiger partial charge in [0.1, 0.15) is 5.75 Å². The van der Waals surface area contributed by atoms with Gasteiger partial charge in [-0.05, 0) is 25.1 Å². The van der Waals surface area contributed by atoms with E-state index in [0.29, 0.717) is 29.4 Å². The second-order valence-corrected chi connectivity index (χ2v) is 3.17. The van der Waals surface area contributed by atoms with E-state index in [-0.39, 0.29) is 0 Å². The lowest BCUT2D eigenvalue weighted by Crippen LogP contribution is -2.03. The van der Waals surface area contributed by atoms with Gasteiger partial charge in [-0.3, -0.25) is 4.39 Å². The van der Waals surface area contributed by atoms with Crippen molar-refractivity contribution in [2.24, 2.45) is 0 Å². The molecule has 0 atom stereocenters. The Labute approximate surface area is 89.3 Å². The van der Waals surface area contributed by atoms with Crippen LogP contribution in [0.1, 0.15) is 25.0 Å². The zero-order valence-electron chi connectivity index (χ0n) is 8.88. The summed E-state index contributed by atoms with van der Waals surface area (Å²) in [5, 5.41) is 8.74. The van der Waals surface area contributed by atoms with Gasteiger partial charge in [-0.25, -0.2) is 0 Å². The van der Waals surface area contributed by atoms with Crippen molar-refractivity contribution in [3.63, 3.8) is 0 Å². The van der Waals surface area contributed by atoms with Crippen LogP contribution in [0.5, 0.6) is 5.75 Å². The highest BCUT2D eigenvalue weighted by Gasteiger charge is 2.12. The van der Waals surface area contributed by atoms with Gasteiger partial charge >= 0.3 is 0 Å². The summed E-state index contributed by atoms with van der Waals surface area (Å²) in [5.41, 5.74) is 1.19. The van der Waals surface area contributed by atoms with Crippen LogP contribution in [0.2, 0.25) is 0 Å². The van der Waals surface area contributed by atoms with Crippen LogP contribution in [-0.4, -0.2) is 13.3 Å². The number of halogens is 1. The number of alkyl halides is 1. The van der Waals surface area contributed by atoms with E-state index in [2.05, 4.69) is 0 Å². The maximum Gasteiger partial charge on any atom is 0.123 e. The highest BCUT2D eigenvalue weighted by molar-refractivity contribution is 5.48. The third-order valence-corrected chi connectivity index (χ3v) is 2.07. The Kier molecular flexibility index (Phi) is 4.11. The lowest BCUT2D eigenvalue weighted by molar-refractivity contribution is 0.336. The van der Waals surface area contributed by atoms with Crippen molar-refractivity contribution in [2.75, 3.05) is 13.3 Å². The lowest BCUT2D eigenvalue weighted by atomic mass is 9.99. The molecule has 3 heteroatoms. The van der Waals surface area contributed by atoms with E-state index in [4.69, 9.17) is 10.00 Å². The van der Waals surface area contributed by atoms with E-state index in [1.165, 1.54) is 0 Å². The van der Waals surface area contributed by atoms with Crippen molar-refractivity contribution in [1.29, 1.82) is 5.26 Å². The quantitative estimate of drug-likeness (QED) is 0.758. The van der Waals surface area contributed by atoms with Gasteiger partial charge in [0, 0.05) is 11.5 Å². The van der Waals surface area contributed by atoms with E-state index in [1.54, 1.807) is 25.1 Å². The zero-order valence-corrected chi connectivity index (χ0v) is 8.88. The average Bonchev–Trinajstić information content (AvgIpc) is 2.29. The zero-order chi connectivity index (χ0) is 11.3. The van der Waals surface area contributed by atoms with Crippen LogP contribution < -0.4 is 4.74 Å². The summed E-state index contributed by atoms with van der Waals surface area (Å²) in [6.07, 6.45) is 0. The molecule has 0 amide bonds. The van der Waals surface area contributed by atoms with Gasteiger partial charge in [-0.2, -0.15) is 5.26 Å². The molecule has 0 aromatic heterocycles. The second kappa shape index (κ2) is 5.35. The van der Waals surface area contributed by atoms with Crippen molar-refractivity contribution < 1.29 is 9.13 Å². The Balaban J connectivity index is 3.11. The molecule has 1 radical (unpaired) electrons. The molecule has 0 aliphatic carbocycles. The van der Waals surface area contributed by atoms with Gasteiger partial charge in [-0.15, -0.1) is 0 Å². The van der Waals surface area contributed by atoms with Crippen LogP contribution in [0.3, 0.4) is 0 Å². The van der Waals surface area contributed by atoms with Crippen molar-refractivity contribution in [3.05, 3.63) is 35.2 Å². The van der Waals surface area contributed by atoms with Gasteiger partial charge in [-0.1, -0.05) is 6.92 Å². The summed E-state index contributed by atoms with van der Waals surface area (Å²) in [7, 11) is 0. The molecular formula is C12H13FNO. The third-order valence-electron chi connectivity index (χ3n) is 2.07. The Hall–Kier alpha value is -1.56. The Morgan fingerprint density at radius 3 is 2.80 bits per heavy atom. The van der Waals surface area contributed by atoms with Gasteiger partial charge in [0.25, 0.3) is 0 Å². The summed E-state index contributed by atoms with van der Waals surface area (Å²) in [6, 6.07) is 7.05. The van der Waals surface area contributed by atoms with E-state index >= 15 is 0 Å². The first-order valence-electron chi connectivity index (χ1n) is 4.78. The molecule has 2 nitrogen and oxygen atoms in total. The molecule has 0 aliphatic heterocycles. The Morgan fingerprint density at radius 2 is 2.27 bits per heavy atom. The predicted molar refractivity (Wildman–Crippen MR) is 56.3 cm³/mol. The molecule has 0 aliphatic rings. The van der Waals surface area contributed by atoms with Crippen LogP contribution in [0.4, 0.5) is 4.39 Å². The SMILES string of the molecule is CCOc1ccc(C#N)cc1[C](C)CF. The van der Waals surface area contributed by atoms with Crippen molar-refractivity contribution in [1.82, 2.24) is 0 Å². The highest BCUT2D eigenvalue weighted by Crippen LogP contribution is 2.27. The second-order valence-electron chi connectivity index (χ2n) is 3.17. The predicted octanol–water partition coefficient (Wildman–Crippen LogP) is 2.87. The third kappa shape index (κ3) is 2.69. The first-order valence-corrected chi connectivity index (χ1v) is 4.78. The number of hydrogen-bond acceptors (Lipinski definition) is 2. The van der Waals surface area contributed by atoms with E-state index in [1.807, 2.05) is 13.0 Å². The fourth-order valence-electron chi connectivity index (χ4n) is 1.29. The summed E-state index contributed by atoms with van der Waals surface area (Å²) >= 11 is 0. The minimum atomic E-state index is -0.533. The summed E-state index contributed by atoms with van der Waals surface area (Å²) in [4.78, 5) is 0. The fourth-order valence-corrected chi connectivity index (χ4v) is 1.29. The van der Waals surface area contributed by atoms with Crippen LogP contribution in [0.15, 0.2) is 18.2 Å². The Morgan fingerprint density at radius 1 is 1.53 bits per heavy atom. The van der Waals surface area contributed by atoms with Crippen LogP contribution >= 0.6 is 0 Å². The number of rotatable bonds is 4. The van der Waals surface area contributed by atoms with Gasteiger partial charge in [0.05, 0.1) is 24.9 Å². The number of nitrogens with zero attached hydrogens (tertiary/aromatic N) is 1. The standard InChI is InChI=1S/C12H13FNO/c1-3-15-12-5-4-10(8-14)6-11(12)9(2)7-13/h4-6H,3,7H2,1-2H3. The first kappa shape index (κ1) is 11.5. The minimum Gasteiger partial charge on any atom is -0.494 e. The van der Waals surface area contributed by atoms with Gasteiger partial charge in [0.15, 0.2) is 0 Å². The van der Waals surface area contributed by atoms with E-state index in [0.717, 1.165) is 0 Å². The van der Waals surface area contributed by atoms with Crippen molar-refractivity contribution in [2.45, 2.75) is 13.8 Å². The topological polar surface area (TPSA) is 33.0 Å². The van der Waals surface area contributed by atoms with Crippen LogP contribution in [-0.2, 0) is 0 Å². The monoisotopic (exact) mass is 206 g/mol. The molecule has 0 spiro atoms. The molecule has 79 valence electrons. The summed E-state index contributed by atoms with van der Waals surface area (Å²) < 4.78 is 17.9. The highest BCUT2D eigenvalue weighted by atomic mass is 19.1. The van der Waals surface area contributed by atoms with Crippen molar-refractivity contribution in [3.8, 4) is 11.8 Å². The minimum absolute atomic E-state index is 0.515. The Bertz CT molecular complexity index is 370. The maximum absolute atomic E-state index is 12.6. The number of hydrogen-bond donors (Lipinski definition) is 0. The molecule has 15 heavy (non-hydrogen) atoms. The van der Waals surface area contributed by atoms with E-state index in [9.17, 15) is 4.39 Å². The fraction of sp³-hybridized carbons (Fsp3) is 0.333. The van der Waals surface area contributed by atoms with Crippen LogP contribution in [0, 0.1) is 17.2 Å². The normalized spacial score (nSPS) is 10.1. The molecule has 0 heterocycles. The summed E-state index contributed by atoms with van der Waals surface area (Å²) in [5.74, 6) is 1.21. The number of benzene rings is 1. The molecule has 0 unspecified atom stereocenters. The first-order chi connectivity index (χ1) is 7.22. The average molecular weight is 206 g/mol. The smallest absolute Gasteiger partial charge is 0.123 e. The molecule has 0 fully saturated rings. The largest absolute Gasteiger partial charge is 0.494 e. The van der Waals surface area contributed by atoms with Crippen molar-refractivity contribution >= 4 is 0 Å². The van der Waals surface area contributed by atoms with Crippen LogP contribution in [0.25, 0.3) is 0 Å². The molecule has 1 rings (SSSR count). The number of ether oxygens (including phenoxy) is 1. The lowest BCUT2D eigenvalue weighted by Gasteiger charge is -2.13. The summed E-state index contributed by atoms with van der Waals surface area (Å²) in [6.45, 7) is 3.55. The van der Waals surface area contributed by atoms with Gasteiger partial charge < -0.3 is 4.74 Å². The molecular weight excluding hydrogens is 193 g/mol.